The van der Waals surface area contributed by atoms with E-state index < -0.39 is 0 Å². The summed E-state index contributed by atoms with van der Waals surface area (Å²) < 4.78 is 2.08. The van der Waals surface area contributed by atoms with E-state index in [4.69, 9.17) is 5.73 Å². The lowest BCUT2D eigenvalue weighted by molar-refractivity contribution is 0.662. The van der Waals surface area contributed by atoms with Crippen LogP contribution in [0.25, 0.3) is 0 Å². The molecule has 0 spiro atoms. The van der Waals surface area contributed by atoms with Gasteiger partial charge in [0.2, 0.25) is 0 Å². The van der Waals surface area contributed by atoms with E-state index in [9.17, 15) is 0 Å². The molecule has 0 fully saturated rings. The molecule has 1 heterocycles. The van der Waals surface area contributed by atoms with E-state index >= 15 is 0 Å². The van der Waals surface area contributed by atoms with Crippen LogP contribution in [0.4, 0.5) is 0 Å². The minimum atomic E-state index is 0.681. The molecule has 4 nitrogen and oxygen atoms in total. The van der Waals surface area contributed by atoms with Crippen LogP contribution in [0, 0.1) is 6.92 Å². The van der Waals surface area contributed by atoms with Crippen molar-refractivity contribution in [1.29, 1.82) is 0 Å². The molecular formula is C7H14N4S. The van der Waals surface area contributed by atoms with Gasteiger partial charge in [0.25, 0.3) is 0 Å². The lowest BCUT2D eigenvalue weighted by Crippen LogP contribution is -2.04. The van der Waals surface area contributed by atoms with Crippen molar-refractivity contribution < 1.29 is 0 Å². The Morgan fingerprint density at radius 1 is 1.50 bits per heavy atom. The van der Waals surface area contributed by atoms with Gasteiger partial charge < -0.3 is 10.3 Å². The maximum Gasteiger partial charge on any atom is 0.191 e. The minimum absolute atomic E-state index is 0.681. The molecule has 0 aliphatic rings. The number of aromatic nitrogens is 3. The van der Waals surface area contributed by atoms with Gasteiger partial charge in [0.15, 0.2) is 5.16 Å². The van der Waals surface area contributed by atoms with E-state index in [2.05, 4.69) is 21.7 Å². The zero-order chi connectivity index (χ0) is 8.97. The molecule has 0 saturated heterocycles. The molecule has 0 radical (unpaired) electrons. The molecule has 5 heteroatoms. The first-order valence-corrected chi connectivity index (χ1v) is 5.00. The molecule has 0 aliphatic carbocycles. The molecule has 0 atom stereocenters. The molecule has 2 N–H and O–H groups in total. The normalized spacial score (nSPS) is 10.6. The quantitative estimate of drug-likeness (QED) is 0.702. The van der Waals surface area contributed by atoms with E-state index in [1.54, 1.807) is 11.8 Å². The summed E-state index contributed by atoms with van der Waals surface area (Å²) in [5, 5.41) is 9.01. The summed E-state index contributed by atoms with van der Waals surface area (Å²) in [6.45, 7) is 5.65. The van der Waals surface area contributed by atoms with Crippen molar-refractivity contribution in [3.8, 4) is 0 Å². The van der Waals surface area contributed by atoms with Crippen molar-refractivity contribution in [1.82, 2.24) is 14.8 Å². The molecule has 1 aromatic rings. The first-order chi connectivity index (χ1) is 5.79. The Morgan fingerprint density at radius 2 is 2.25 bits per heavy atom. The van der Waals surface area contributed by atoms with Crippen molar-refractivity contribution in [3.05, 3.63) is 5.82 Å². The van der Waals surface area contributed by atoms with Gasteiger partial charge in [-0.25, -0.2) is 0 Å². The second-order valence-electron chi connectivity index (χ2n) is 2.41. The SMILES string of the molecule is CCn1c(C)nnc1SCCN. The van der Waals surface area contributed by atoms with Gasteiger partial charge in [0.1, 0.15) is 5.82 Å². The Morgan fingerprint density at radius 3 is 2.83 bits per heavy atom. The summed E-state index contributed by atoms with van der Waals surface area (Å²) in [6, 6.07) is 0. The van der Waals surface area contributed by atoms with Crippen molar-refractivity contribution in [2.24, 2.45) is 5.73 Å². The van der Waals surface area contributed by atoms with Crippen LogP contribution in [0.3, 0.4) is 0 Å². The molecule has 0 saturated carbocycles. The van der Waals surface area contributed by atoms with Gasteiger partial charge in [0, 0.05) is 18.8 Å². The molecule has 0 unspecified atom stereocenters. The third kappa shape index (κ3) is 1.98. The van der Waals surface area contributed by atoms with E-state index in [0.717, 1.165) is 23.3 Å². The fraction of sp³-hybridized carbons (Fsp3) is 0.714. The molecule has 68 valence electrons. The predicted octanol–water partition coefficient (Wildman–Crippen LogP) is 0.657. The van der Waals surface area contributed by atoms with Crippen molar-refractivity contribution in [3.63, 3.8) is 0 Å². The molecule has 0 aliphatic heterocycles. The molecular weight excluding hydrogens is 172 g/mol. The van der Waals surface area contributed by atoms with Crippen LogP contribution in [0.5, 0.6) is 0 Å². The van der Waals surface area contributed by atoms with Gasteiger partial charge >= 0.3 is 0 Å². The predicted molar refractivity (Wildman–Crippen MR) is 50.2 cm³/mol. The lowest BCUT2D eigenvalue weighted by atomic mass is 10.6. The number of aryl methyl sites for hydroxylation is 1. The number of hydrogen-bond acceptors (Lipinski definition) is 4. The van der Waals surface area contributed by atoms with Gasteiger partial charge in [-0.15, -0.1) is 10.2 Å². The Kier molecular flexibility index (Phi) is 3.55. The highest BCUT2D eigenvalue weighted by Crippen LogP contribution is 2.15. The highest BCUT2D eigenvalue weighted by molar-refractivity contribution is 7.99. The fourth-order valence-corrected chi connectivity index (χ4v) is 1.80. The van der Waals surface area contributed by atoms with Gasteiger partial charge in [0.05, 0.1) is 0 Å². The second-order valence-corrected chi connectivity index (χ2v) is 3.47. The number of nitrogens with two attached hydrogens (primary N) is 1. The standard InChI is InChI=1S/C7H14N4S/c1-3-11-6(2)9-10-7(11)12-5-4-8/h3-5,8H2,1-2H3. The van der Waals surface area contributed by atoms with Crippen molar-refractivity contribution in [2.45, 2.75) is 25.5 Å². The highest BCUT2D eigenvalue weighted by atomic mass is 32.2. The maximum absolute atomic E-state index is 5.40. The average Bonchev–Trinajstić information content (AvgIpc) is 2.43. The summed E-state index contributed by atoms with van der Waals surface area (Å²) >= 11 is 1.66. The molecule has 12 heavy (non-hydrogen) atoms. The molecule has 1 aromatic heterocycles. The van der Waals surface area contributed by atoms with Crippen LogP contribution < -0.4 is 5.73 Å². The fourth-order valence-electron chi connectivity index (χ4n) is 0.983. The number of rotatable bonds is 4. The largest absolute Gasteiger partial charge is 0.330 e. The molecule has 0 bridgehead atoms. The Hall–Kier alpha value is -0.550. The summed E-state index contributed by atoms with van der Waals surface area (Å²) in [7, 11) is 0. The first kappa shape index (κ1) is 9.54. The van der Waals surface area contributed by atoms with Crippen LogP contribution >= 0.6 is 11.8 Å². The Bertz CT molecular complexity index is 246. The van der Waals surface area contributed by atoms with Crippen LogP contribution in [0.2, 0.25) is 0 Å². The summed E-state index contributed by atoms with van der Waals surface area (Å²) in [5.74, 6) is 1.87. The topological polar surface area (TPSA) is 56.7 Å². The van der Waals surface area contributed by atoms with Crippen LogP contribution in [0.1, 0.15) is 12.7 Å². The monoisotopic (exact) mass is 186 g/mol. The lowest BCUT2D eigenvalue weighted by Gasteiger charge is -2.02. The van der Waals surface area contributed by atoms with E-state index in [1.165, 1.54) is 0 Å². The third-order valence-corrected chi connectivity index (χ3v) is 2.57. The maximum atomic E-state index is 5.40. The number of hydrogen-bond donors (Lipinski definition) is 1. The van der Waals surface area contributed by atoms with Crippen molar-refractivity contribution >= 4 is 11.8 Å². The summed E-state index contributed by atoms with van der Waals surface area (Å²) in [4.78, 5) is 0. The van der Waals surface area contributed by atoms with Crippen LogP contribution in [-0.4, -0.2) is 27.1 Å². The van der Waals surface area contributed by atoms with Gasteiger partial charge in [-0.1, -0.05) is 11.8 Å². The van der Waals surface area contributed by atoms with Gasteiger partial charge in [-0.2, -0.15) is 0 Å². The average molecular weight is 186 g/mol. The van der Waals surface area contributed by atoms with Crippen molar-refractivity contribution in [2.75, 3.05) is 12.3 Å². The van der Waals surface area contributed by atoms with Crippen LogP contribution in [-0.2, 0) is 6.54 Å². The van der Waals surface area contributed by atoms with E-state index in [0.29, 0.717) is 6.54 Å². The molecule has 0 amide bonds. The highest BCUT2D eigenvalue weighted by Gasteiger charge is 2.05. The van der Waals surface area contributed by atoms with Crippen LogP contribution in [0.15, 0.2) is 5.16 Å². The van der Waals surface area contributed by atoms with E-state index in [-0.39, 0.29) is 0 Å². The first-order valence-electron chi connectivity index (χ1n) is 4.02. The number of nitrogens with zero attached hydrogens (tertiary/aromatic N) is 3. The smallest absolute Gasteiger partial charge is 0.191 e. The van der Waals surface area contributed by atoms with Gasteiger partial charge in [-0.05, 0) is 13.8 Å². The third-order valence-electron chi connectivity index (χ3n) is 1.57. The van der Waals surface area contributed by atoms with Gasteiger partial charge in [-0.3, -0.25) is 0 Å². The summed E-state index contributed by atoms with van der Waals surface area (Å²) in [5.41, 5.74) is 5.40. The Labute approximate surface area is 76.5 Å². The van der Waals surface area contributed by atoms with E-state index in [1.807, 2.05) is 6.92 Å². The zero-order valence-corrected chi connectivity index (χ0v) is 8.27. The zero-order valence-electron chi connectivity index (χ0n) is 7.45. The Balaban J connectivity index is 2.70. The number of thioether (sulfide) groups is 1. The minimum Gasteiger partial charge on any atom is -0.330 e. The molecule has 0 aromatic carbocycles. The second kappa shape index (κ2) is 4.47. The summed E-state index contributed by atoms with van der Waals surface area (Å²) in [6.07, 6.45) is 0. The molecule has 1 rings (SSSR count).